The number of esters is 1. The lowest BCUT2D eigenvalue weighted by Crippen LogP contribution is -2.25. The average molecular weight is 467 g/mol. The summed E-state index contributed by atoms with van der Waals surface area (Å²) in [5.74, 6) is 0.493. The molecule has 33 heavy (non-hydrogen) atoms. The van der Waals surface area contributed by atoms with E-state index in [4.69, 9.17) is 9.15 Å². The number of allylic oxidation sites excluding steroid dienone is 1. The number of carbonyl (C=O) groups is 2. The molecule has 3 aromatic rings. The van der Waals surface area contributed by atoms with Gasteiger partial charge >= 0.3 is 5.97 Å². The van der Waals surface area contributed by atoms with Gasteiger partial charge in [-0.05, 0) is 30.7 Å². The number of nitrogens with zero attached hydrogens (tertiary/aromatic N) is 4. The third-order valence-electron chi connectivity index (χ3n) is 5.71. The molecule has 1 aliphatic heterocycles. The molecule has 0 fully saturated rings. The van der Waals surface area contributed by atoms with Crippen LogP contribution in [0.4, 0.5) is 5.69 Å². The minimum atomic E-state index is -0.487. The van der Waals surface area contributed by atoms with Crippen molar-refractivity contribution >= 4 is 29.2 Å². The van der Waals surface area contributed by atoms with Gasteiger partial charge in [-0.1, -0.05) is 43.8 Å². The van der Waals surface area contributed by atoms with Crippen LogP contribution in [0.5, 0.6) is 0 Å². The molecule has 1 aromatic carbocycles. The molecular formula is C24H26N4O4S. The molecule has 0 aliphatic carbocycles. The van der Waals surface area contributed by atoms with Crippen molar-refractivity contribution in [1.82, 2.24) is 14.8 Å². The van der Waals surface area contributed by atoms with Gasteiger partial charge in [0.25, 0.3) is 0 Å². The maximum absolute atomic E-state index is 12.6. The number of ketones is 1. The predicted molar refractivity (Wildman–Crippen MR) is 126 cm³/mol. The molecule has 0 radical (unpaired) electrons. The monoisotopic (exact) mass is 466 g/mol. The molecule has 0 atom stereocenters. The van der Waals surface area contributed by atoms with Crippen LogP contribution in [-0.2, 0) is 26.3 Å². The van der Waals surface area contributed by atoms with Gasteiger partial charge < -0.3 is 14.1 Å². The summed E-state index contributed by atoms with van der Waals surface area (Å²) in [6, 6.07) is 11.7. The summed E-state index contributed by atoms with van der Waals surface area (Å²) in [5, 5.41) is 8.89. The van der Waals surface area contributed by atoms with E-state index < -0.39 is 5.97 Å². The van der Waals surface area contributed by atoms with Crippen LogP contribution >= 0.6 is 11.8 Å². The Balaban J connectivity index is 1.34. The summed E-state index contributed by atoms with van der Waals surface area (Å²) in [7, 11) is 1.94. The molecule has 0 bridgehead atoms. The molecule has 8 nitrogen and oxygen atoms in total. The first-order valence-electron chi connectivity index (χ1n) is 10.7. The summed E-state index contributed by atoms with van der Waals surface area (Å²) in [4.78, 5) is 26.8. The van der Waals surface area contributed by atoms with Gasteiger partial charge in [-0.3, -0.25) is 14.2 Å². The highest BCUT2D eigenvalue weighted by Crippen LogP contribution is 2.46. The summed E-state index contributed by atoms with van der Waals surface area (Å²) in [5.41, 5.74) is 2.80. The molecule has 9 heteroatoms. The quantitative estimate of drug-likeness (QED) is 0.279. The van der Waals surface area contributed by atoms with E-state index in [1.165, 1.54) is 11.8 Å². The molecule has 0 N–H and O–H groups in total. The smallest absolute Gasteiger partial charge is 0.316 e. The number of thioether (sulfide) groups is 1. The van der Waals surface area contributed by atoms with Crippen molar-refractivity contribution in [3.63, 3.8) is 0 Å². The molecule has 3 heterocycles. The lowest BCUT2D eigenvalue weighted by Gasteiger charge is -2.23. The largest absolute Gasteiger partial charge is 0.461 e. The van der Waals surface area contributed by atoms with E-state index in [9.17, 15) is 9.59 Å². The third kappa shape index (κ3) is 4.45. The SMILES string of the molecule is CCn1c(SCC(=O)OCC(=O)C=C2N(C)c3ccccc3C2(C)C)nnc1-c1ccco1. The van der Waals surface area contributed by atoms with Crippen LogP contribution in [0.25, 0.3) is 11.6 Å². The van der Waals surface area contributed by atoms with Crippen LogP contribution in [0.15, 0.2) is 64.0 Å². The second kappa shape index (κ2) is 9.27. The molecule has 0 saturated heterocycles. The predicted octanol–water partition coefficient (Wildman–Crippen LogP) is 4.07. The van der Waals surface area contributed by atoms with E-state index in [0.29, 0.717) is 23.3 Å². The molecule has 172 valence electrons. The minimum Gasteiger partial charge on any atom is -0.461 e. The number of hydrogen-bond donors (Lipinski definition) is 0. The Morgan fingerprint density at radius 2 is 1.97 bits per heavy atom. The first kappa shape index (κ1) is 22.8. The summed E-state index contributed by atoms with van der Waals surface area (Å²) in [6.07, 6.45) is 3.15. The Labute approximate surface area is 196 Å². The number of ether oxygens (including phenoxy) is 1. The van der Waals surface area contributed by atoms with E-state index in [2.05, 4.69) is 30.1 Å². The number of furan rings is 1. The van der Waals surface area contributed by atoms with Crippen molar-refractivity contribution < 1.29 is 18.7 Å². The Morgan fingerprint density at radius 3 is 2.67 bits per heavy atom. The number of hydrogen-bond acceptors (Lipinski definition) is 8. The molecule has 0 spiro atoms. The lowest BCUT2D eigenvalue weighted by molar-refractivity contribution is -0.144. The fraction of sp³-hybridized carbons (Fsp3) is 0.333. The van der Waals surface area contributed by atoms with Gasteiger partial charge in [0, 0.05) is 36.5 Å². The average Bonchev–Trinajstić information content (AvgIpc) is 3.51. The highest BCUT2D eigenvalue weighted by Gasteiger charge is 2.38. The van der Waals surface area contributed by atoms with Crippen LogP contribution < -0.4 is 4.90 Å². The van der Waals surface area contributed by atoms with Gasteiger partial charge in [0.1, 0.15) is 0 Å². The normalized spacial score (nSPS) is 15.6. The Morgan fingerprint density at radius 1 is 1.18 bits per heavy atom. The number of carbonyl (C=O) groups excluding carboxylic acids is 2. The topological polar surface area (TPSA) is 90.5 Å². The van der Waals surface area contributed by atoms with E-state index in [1.54, 1.807) is 24.5 Å². The summed E-state index contributed by atoms with van der Waals surface area (Å²) in [6.45, 7) is 6.44. The molecule has 1 aliphatic rings. The molecule has 0 unspecified atom stereocenters. The molecular weight excluding hydrogens is 440 g/mol. The number of rotatable bonds is 8. The van der Waals surface area contributed by atoms with E-state index in [1.807, 2.05) is 41.6 Å². The number of benzene rings is 1. The van der Waals surface area contributed by atoms with Crippen molar-refractivity contribution in [2.24, 2.45) is 0 Å². The molecule has 0 amide bonds. The van der Waals surface area contributed by atoms with Crippen molar-refractivity contribution in [2.75, 3.05) is 24.3 Å². The maximum Gasteiger partial charge on any atom is 0.316 e. The standard InChI is InChI=1S/C24H26N4O4S/c1-5-28-22(19-11-8-12-31-19)25-26-23(28)33-15-21(30)32-14-16(29)13-20-24(2,3)17-9-6-7-10-18(17)27(20)4/h6-13H,5,14-15H2,1-4H3. The van der Waals surface area contributed by atoms with Crippen molar-refractivity contribution in [2.45, 2.75) is 37.9 Å². The van der Waals surface area contributed by atoms with Crippen LogP contribution in [0.3, 0.4) is 0 Å². The number of anilines is 1. The molecule has 4 rings (SSSR count). The van der Waals surface area contributed by atoms with Crippen LogP contribution in [0.1, 0.15) is 26.3 Å². The van der Waals surface area contributed by atoms with Crippen molar-refractivity contribution in [3.05, 3.63) is 60.0 Å². The summed E-state index contributed by atoms with van der Waals surface area (Å²) < 4.78 is 12.5. The van der Waals surface area contributed by atoms with Crippen LogP contribution in [0, 0.1) is 0 Å². The molecule has 0 saturated carbocycles. The second-order valence-corrected chi connectivity index (χ2v) is 9.12. The van der Waals surface area contributed by atoms with Gasteiger partial charge in [-0.25, -0.2) is 0 Å². The highest BCUT2D eigenvalue weighted by molar-refractivity contribution is 7.99. The fourth-order valence-electron chi connectivity index (χ4n) is 4.04. The maximum atomic E-state index is 12.6. The lowest BCUT2D eigenvalue weighted by atomic mass is 9.83. The van der Waals surface area contributed by atoms with Crippen LogP contribution in [-0.4, -0.2) is 45.9 Å². The van der Waals surface area contributed by atoms with Gasteiger partial charge in [0.2, 0.25) is 0 Å². The van der Waals surface area contributed by atoms with Gasteiger partial charge in [-0.15, -0.1) is 10.2 Å². The Kier molecular flexibility index (Phi) is 6.42. The third-order valence-corrected chi connectivity index (χ3v) is 6.65. The first-order valence-corrected chi connectivity index (χ1v) is 11.6. The first-order chi connectivity index (χ1) is 15.8. The summed E-state index contributed by atoms with van der Waals surface area (Å²) >= 11 is 1.21. The number of fused-ring (bicyclic) bond motifs is 1. The van der Waals surface area contributed by atoms with Crippen LogP contribution in [0.2, 0.25) is 0 Å². The van der Waals surface area contributed by atoms with Gasteiger partial charge in [0.15, 0.2) is 29.1 Å². The van der Waals surface area contributed by atoms with E-state index >= 15 is 0 Å². The fourth-order valence-corrected chi connectivity index (χ4v) is 4.84. The second-order valence-electron chi connectivity index (χ2n) is 8.17. The van der Waals surface area contributed by atoms with Crippen molar-refractivity contribution in [3.8, 4) is 11.6 Å². The minimum absolute atomic E-state index is 0.0248. The Hall–Kier alpha value is -3.33. The zero-order chi connectivity index (χ0) is 23.6. The number of likely N-dealkylation sites (N-methyl/N-ethyl adjacent to an activating group) is 1. The molecule has 2 aromatic heterocycles. The van der Waals surface area contributed by atoms with E-state index in [0.717, 1.165) is 16.9 Å². The Bertz CT molecular complexity index is 1200. The highest BCUT2D eigenvalue weighted by atomic mass is 32.2. The zero-order valence-corrected chi connectivity index (χ0v) is 19.9. The number of aromatic nitrogens is 3. The van der Waals surface area contributed by atoms with Gasteiger partial charge in [0.05, 0.1) is 12.0 Å². The van der Waals surface area contributed by atoms with E-state index in [-0.39, 0.29) is 23.6 Å². The van der Waals surface area contributed by atoms with Crippen molar-refractivity contribution in [1.29, 1.82) is 0 Å². The van der Waals surface area contributed by atoms with Gasteiger partial charge in [-0.2, -0.15) is 0 Å². The number of para-hydroxylation sites is 1. The zero-order valence-electron chi connectivity index (χ0n) is 19.1.